The molecule has 1 aromatic rings. The van der Waals surface area contributed by atoms with Gasteiger partial charge in [-0.2, -0.15) is 0 Å². The lowest BCUT2D eigenvalue weighted by atomic mass is 10.1. The summed E-state index contributed by atoms with van der Waals surface area (Å²) in [6.45, 7) is 1.07. The van der Waals surface area contributed by atoms with Gasteiger partial charge in [0.2, 0.25) is 0 Å². The van der Waals surface area contributed by atoms with Crippen LogP contribution in [0.4, 0.5) is 0 Å². The number of rotatable bonds is 5. The van der Waals surface area contributed by atoms with Crippen molar-refractivity contribution in [2.45, 2.75) is 12.3 Å². The maximum atomic E-state index is 5.40. The summed E-state index contributed by atoms with van der Waals surface area (Å²) in [4.78, 5) is 0. The van der Waals surface area contributed by atoms with Crippen molar-refractivity contribution in [1.82, 2.24) is 5.32 Å². The molecular formula is C13H19NO2. The van der Waals surface area contributed by atoms with Crippen LogP contribution < -0.4 is 14.8 Å². The number of hydrogen-bond donors (Lipinski definition) is 1. The first-order chi connectivity index (χ1) is 7.80. The highest BCUT2D eigenvalue weighted by atomic mass is 16.5. The first-order valence-corrected chi connectivity index (χ1v) is 5.66. The molecule has 88 valence electrons. The Morgan fingerprint density at radius 2 is 2.12 bits per heavy atom. The monoisotopic (exact) mass is 221 g/mol. The molecular weight excluding hydrogens is 202 g/mol. The zero-order valence-corrected chi connectivity index (χ0v) is 10.1. The topological polar surface area (TPSA) is 30.5 Å². The molecule has 0 amide bonds. The van der Waals surface area contributed by atoms with E-state index in [2.05, 4.69) is 11.4 Å². The second kappa shape index (κ2) is 4.74. The highest BCUT2D eigenvalue weighted by molar-refractivity contribution is 5.45. The Kier molecular flexibility index (Phi) is 3.34. The van der Waals surface area contributed by atoms with Crippen molar-refractivity contribution in [3.63, 3.8) is 0 Å². The molecule has 1 aliphatic rings. The van der Waals surface area contributed by atoms with Crippen molar-refractivity contribution in [2.24, 2.45) is 5.92 Å². The minimum atomic E-state index is 0.623. The summed E-state index contributed by atoms with van der Waals surface area (Å²) in [5, 5.41) is 3.22. The quantitative estimate of drug-likeness (QED) is 0.825. The Labute approximate surface area is 96.8 Å². The molecule has 3 heteroatoms. The molecule has 0 unspecified atom stereocenters. The fourth-order valence-electron chi connectivity index (χ4n) is 2.25. The van der Waals surface area contributed by atoms with E-state index in [4.69, 9.17) is 9.47 Å². The molecule has 0 radical (unpaired) electrons. The largest absolute Gasteiger partial charge is 0.497 e. The van der Waals surface area contributed by atoms with Crippen molar-refractivity contribution in [2.75, 3.05) is 27.8 Å². The highest BCUT2D eigenvalue weighted by Crippen LogP contribution is 2.50. The molecule has 0 aliphatic heterocycles. The van der Waals surface area contributed by atoms with Gasteiger partial charge in [0.15, 0.2) is 0 Å². The molecule has 1 aliphatic carbocycles. The number of hydrogen-bond acceptors (Lipinski definition) is 3. The Hall–Kier alpha value is -1.22. The van der Waals surface area contributed by atoms with Gasteiger partial charge < -0.3 is 14.8 Å². The molecule has 0 saturated heterocycles. The van der Waals surface area contributed by atoms with Crippen LogP contribution in [-0.4, -0.2) is 27.8 Å². The summed E-state index contributed by atoms with van der Waals surface area (Å²) in [6, 6.07) is 6.03. The van der Waals surface area contributed by atoms with Gasteiger partial charge in [0.05, 0.1) is 14.2 Å². The molecule has 16 heavy (non-hydrogen) atoms. The predicted octanol–water partition coefficient (Wildman–Crippen LogP) is 2.03. The van der Waals surface area contributed by atoms with E-state index in [1.165, 1.54) is 12.0 Å². The second-order valence-corrected chi connectivity index (χ2v) is 4.27. The minimum Gasteiger partial charge on any atom is -0.497 e. The van der Waals surface area contributed by atoms with E-state index >= 15 is 0 Å². The molecule has 1 fully saturated rings. The van der Waals surface area contributed by atoms with Crippen LogP contribution in [0.2, 0.25) is 0 Å². The van der Waals surface area contributed by atoms with E-state index < -0.39 is 0 Å². The molecule has 3 nitrogen and oxygen atoms in total. The molecule has 2 atom stereocenters. The zero-order valence-electron chi connectivity index (χ0n) is 10.1. The first-order valence-electron chi connectivity index (χ1n) is 5.66. The standard InChI is InChI=1S/C13H19NO2/c1-14-8-9-6-11(9)12-7-10(15-2)4-5-13(12)16-3/h4-5,7,9,11,14H,6,8H2,1-3H3/t9-,11-/m0/s1. The number of ether oxygens (including phenoxy) is 2. The predicted molar refractivity (Wildman–Crippen MR) is 64.3 cm³/mol. The van der Waals surface area contributed by atoms with Crippen molar-refractivity contribution in [3.05, 3.63) is 23.8 Å². The van der Waals surface area contributed by atoms with Gasteiger partial charge in [-0.05, 0) is 50.0 Å². The average molecular weight is 221 g/mol. The van der Waals surface area contributed by atoms with E-state index in [9.17, 15) is 0 Å². The summed E-state index contributed by atoms with van der Waals surface area (Å²) < 4.78 is 10.7. The van der Waals surface area contributed by atoms with Gasteiger partial charge in [-0.15, -0.1) is 0 Å². The van der Waals surface area contributed by atoms with Crippen molar-refractivity contribution in [1.29, 1.82) is 0 Å². The maximum absolute atomic E-state index is 5.40. The van der Waals surface area contributed by atoms with Crippen LogP contribution in [0.1, 0.15) is 17.9 Å². The van der Waals surface area contributed by atoms with E-state index in [1.807, 2.05) is 19.2 Å². The second-order valence-electron chi connectivity index (χ2n) is 4.27. The van der Waals surface area contributed by atoms with E-state index in [1.54, 1.807) is 14.2 Å². The maximum Gasteiger partial charge on any atom is 0.122 e. The molecule has 0 heterocycles. The Morgan fingerprint density at radius 3 is 2.75 bits per heavy atom. The fourth-order valence-corrected chi connectivity index (χ4v) is 2.25. The van der Waals surface area contributed by atoms with Gasteiger partial charge >= 0.3 is 0 Å². The Balaban J connectivity index is 2.18. The fraction of sp³-hybridized carbons (Fsp3) is 0.538. The normalized spacial score (nSPS) is 22.9. The lowest BCUT2D eigenvalue weighted by molar-refractivity contribution is 0.398. The highest BCUT2D eigenvalue weighted by Gasteiger charge is 2.39. The van der Waals surface area contributed by atoms with Gasteiger partial charge in [0, 0.05) is 5.56 Å². The number of nitrogens with one attached hydrogen (secondary N) is 1. The number of methoxy groups -OCH3 is 2. The molecule has 2 rings (SSSR count). The summed E-state index contributed by atoms with van der Waals surface area (Å²) >= 11 is 0. The van der Waals surface area contributed by atoms with Gasteiger partial charge in [-0.3, -0.25) is 0 Å². The summed E-state index contributed by atoms with van der Waals surface area (Å²) in [5.41, 5.74) is 1.28. The van der Waals surface area contributed by atoms with Gasteiger partial charge in [0.1, 0.15) is 11.5 Å². The van der Waals surface area contributed by atoms with Crippen LogP contribution in [0.15, 0.2) is 18.2 Å². The van der Waals surface area contributed by atoms with Crippen molar-refractivity contribution >= 4 is 0 Å². The van der Waals surface area contributed by atoms with E-state index in [-0.39, 0.29) is 0 Å². The lowest BCUT2D eigenvalue weighted by Crippen LogP contribution is -2.10. The van der Waals surface area contributed by atoms with Crippen molar-refractivity contribution < 1.29 is 9.47 Å². The Bertz CT molecular complexity index is 365. The molecule has 0 spiro atoms. The van der Waals surface area contributed by atoms with E-state index in [0.29, 0.717) is 5.92 Å². The molecule has 0 aromatic heterocycles. The van der Waals surface area contributed by atoms with Crippen LogP contribution in [0, 0.1) is 5.92 Å². The van der Waals surface area contributed by atoms with Gasteiger partial charge in [-0.1, -0.05) is 0 Å². The molecule has 1 aromatic carbocycles. The lowest BCUT2D eigenvalue weighted by Gasteiger charge is -2.10. The zero-order chi connectivity index (χ0) is 11.5. The van der Waals surface area contributed by atoms with Crippen LogP contribution in [-0.2, 0) is 0 Å². The summed E-state index contributed by atoms with van der Waals surface area (Å²) in [7, 11) is 5.42. The third-order valence-electron chi connectivity index (χ3n) is 3.23. The molecule has 1 N–H and O–H groups in total. The average Bonchev–Trinajstić information content (AvgIpc) is 3.08. The van der Waals surface area contributed by atoms with Crippen LogP contribution in [0.5, 0.6) is 11.5 Å². The Morgan fingerprint density at radius 1 is 1.31 bits per heavy atom. The summed E-state index contributed by atoms with van der Waals surface area (Å²) in [6.07, 6.45) is 1.24. The van der Waals surface area contributed by atoms with Gasteiger partial charge in [0.25, 0.3) is 0 Å². The molecule has 1 saturated carbocycles. The molecule has 0 bridgehead atoms. The van der Waals surface area contributed by atoms with Crippen molar-refractivity contribution in [3.8, 4) is 11.5 Å². The third kappa shape index (κ3) is 2.14. The van der Waals surface area contributed by atoms with E-state index in [0.717, 1.165) is 24.0 Å². The van der Waals surface area contributed by atoms with Crippen LogP contribution in [0.3, 0.4) is 0 Å². The first kappa shape index (κ1) is 11.3. The van der Waals surface area contributed by atoms with Crippen LogP contribution >= 0.6 is 0 Å². The smallest absolute Gasteiger partial charge is 0.122 e. The van der Waals surface area contributed by atoms with Gasteiger partial charge in [-0.25, -0.2) is 0 Å². The third-order valence-corrected chi connectivity index (χ3v) is 3.23. The van der Waals surface area contributed by atoms with Crippen LogP contribution in [0.25, 0.3) is 0 Å². The summed E-state index contributed by atoms with van der Waals surface area (Å²) in [5.74, 6) is 3.25. The minimum absolute atomic E-state index is 0.623. The SMILES string of the molecule is CNC[C@@H]1C[C@@H]1c1cc(OC)ccc1OC. The number of benzene rings is 1.